The van der Waals surface area contributed by atoms with Gasteiger partial charge in [0.05, 0.1) is 35.7 Å². The Labute approximate surface area is 269 Å². The molecule has 0 radical (unpaired) electrons. The lowest BCUT2D eigenvalue weighted by Gasteiger charge is -2.31. The van der Waals surface area contributed by atoms with E-state index in [0.717, 1.165) is 90.1 Å². The molecule has 2 N–H and O–H groups in total. The standard InChI is InChI=1S/C31H38N10OS.C2H6/c1-5-8-24-25(22(14-33)28(34)43-24)20-10-6-11-21-26(38-42-27(20)21)29-36-30(40-12-7-9-19(13-32)17-40)23-15-35-41(31(23)37-29)16-18(2)39(3)4;1-2/h15,18-20H,5-12,16-17,34H2,1-4H3;1-2H3. The monoisotopic (exact) mass is 628 g/mol. The third-order valence-electron chi connectivity index (χ3n) is 8.95. The van der Waals surface area contributed by atoms with E-state index in [2.05, 4.69) is 55.0 Å². The molecule has 11 nitrogen and oxygen atoms in total. The highest BCUT2D eigenvalue weighted by Crippen LogP contribution is 2.46. The predicted molar refractivity (Wildman–Crippen MR) is 178 cm³/mol. The number of piperidine rings is 1. The van der Waals surface area contributed by atoms with Crippen LogP contribution >= 0.6 is 11.3 Å². The SMILES string of the molecule is CC.CCCc1sc(N)c(C#N)c1C1CCCc2c(-c3nc(N4CCCC(C#N)C4)c4cnn(CC(C)N(C)C)c4n3)noc21. The van der Waals surface area contributed by atoms with Crippen molar-refractivity contribution in [2.75, 3.05) is 37.8 Å². The Hall–Kier alpha value is -4.00. The van der Waals surface area contributed by atoms with Gasteiger partial charge in [0.2, 0.25) is 0 Å². The summed E-state index contributed by atoms with van der Waals surface area (Å²) in [5.74, 6) is 1.95. The van der Waals surface area contributed by atoms with Crippen molar-refractivity contribution in [2.45, 2.75) is 91.1 Å². The molecule has 1 fully saturated rings. The zero-order valence-electron chi connectivity index (χ0n) is 27.3. The zero-order valence-corrected chi connectivity index (χ0v) is 28.1. The van der Waals surface area contributed by atoms with Gasteiger partial charge in [0.1, 0.15) is 22.6 Å². The fraction of sp³-hybridized carbons (Fsp3) is 0.576. The molecule has 2 aliphatic rings. The number of hydrogen-bond acceptors (Lipinski definition) is 11. The molecule has 12 heteroatoms. The maximum atomic E-state index is 10.0. The molecule has 1 aliphatic carbocycles. The largest absolute Gasteiger partial charge is 0.389 e. The summed E-state index contributed by atoms with van der Waals surface area (Å²) in [7, 11) is 4.11. The van der Waals surface area contributed by atoms with Crippen molar-refractivity contribution in [3.8, 4) is 23.7 Å². The first-order valence-corrected chi connectivity index (χ1v) is 17.0. The molecule has 0 amide bonds. The Morgan fingerprint density at radius 3 is 2.71 bits per heavy atom. The number of thiophene rings is 1. The lowest BCUT2D eigenvalue weighted by molar-refractivity contribution is 0.278. The highest BCUT2D eigenvalue weighted by Gasteiger charge is 2.35. The van der Waals surface area contributed by atoms with E-state index < -0.39 is 0 Å². The number of aryl methyl sites for hydroxylation is 1. The number of nitriles is 2. The average Bonchev–Trinajstić information content (AvgIpc) is 3.76. The molecule has 1 saturated heterocycles. The van der Waals surface area contributed by atoms with Gasteiger partial charge in [-0.3, -0.25) is 0 Å². The van der Waals surface area contributed by atoms with E-state index in [9.17, 15) is 10.5 Å². The normalized spacial score (nSPS) is 18.6. The molecule has 3 atom stereocenters. The van der Waals surface area contributed by atoms with Crippen LogP contribution < -0.4 is 10.6 Å². The summed E-state index contributed by atoms with van der Waals surface area (Å²) in [4.78, 5) is 15.7. The van der Waals surface area contributed by atoms with Crippen LogP contribution in [0.1, 0.15) is 93.0 Å². The Bertz CT molecular complexity index is 1720. The van der Waals surface area contributed by atoms with Crippen LogP contribution in [-0.2, 0) is 19.4 Å². The molecule has 0 saturated carbocycles. The van der Waals surface area contributed by atoms with Gasteiger partial charge in [-0.1, -0.05) is 32.3 Å². The first-order chi connectivity index (χ1) is 21.8. The summed E-state index contributed by atoms with van der Waals surface area (Å²) in [6, 6.07) is 5.06. The molecule has 4 aromatic rings. The zero-order chi connectivity index (χ0) is 32.2. The van der Waals surface area contributed by atoms with Crippen LogP contribution in [0, 0.1) is 28.6 Å². The molecule has 238 valence electrons. The third kappa shape index (κ3) is 6.14. The van der Waals surface area contributed by atoms with Gasteiger partial charge in [0, 0.05) is 35.5 Å². The Balaban J connectivity index is 0.00000196. The van der Waals surface area contributed by atoms with Gasteiger partial charge >= 0.3 is 0 Å². The number of hydrogen-bond donors (Lipinski definition) is 1. The number of anilines is 2. The molecule has 6 rings (SSSR count). The van der Waals surface area contributed by atoms with E-state index in [1.807, 2.05) is 24.7 Å². The number of likely N-dealkylation sites (N-methyl/N-ethyl adjacent to an activating group) is 1. The fourth-order valence-corrected chi connectivity index (χ4v) is 7.60. The molecule has 45 heavy (non-hydrogen) atoms. The Morgan fingerprint density at radius 2 is 2.00 bits per heavy atom. The molecule has 3 unspecified atom stereocenters. The van der Waals surface area contributed by atoms with Gasteiger partial charge in [0.15, 0.2) is 17.2 Å². The van der Waals surface area contributed by atoms with Crippen molar-refractivity contribution < 1.29 is 4.52 Å². The molecular formula is C33H44N10OS. The van der Waals surface area contributed by atoms with E-state index in [4.69, 9.17) is 25.3 Å². The van der Waals surface area contributed by atoms with E-state index in [1.165, 1.54) is 11.3 Å². The third-order valence-corrected chi connectivity index (χ3v) is 10.0. The lowest BCUT2D eigenvalue weighted by atomic mass is 9.81. The van der Waals surface area contributed by atoms with Gasteiger partial charge < -0.3 is 20.1 Å². The van der Waals surface area contributed by atoms with Gasteiger partial charge in [0.25, 0.3) is 0 Å². The van der Waals surface area contributed by atoms with E-state index >= 15 is 0 Å². The van der Waals surface area contributed by atoms with Crippen molar-refractivity contribution in [3.63, 3.8) is 0 Å². The summed E-state index contributed by atoms with van der Waals surface area (Å²) in [6.45, 7) is 10.4. The number of fused-ring (bicyclic) bond motifs is 2. The van der Waals surface area contributed by atoms with Crippen LogP contribution in [0.4, 0.5) is 10.8 Å². The van der Waals surface area contributed by atoms with E-state index in [0.29, 0.717) is 35.2 Å². The quantitative estimate of drug-likeness (QED) is 0.241. The molecule has 5 heterocycles. The number of nitrogens with zero attached hydrogens (tertiary/aromatic N) is 9. The molecule has 0 spiro atoms. The molecule has 0 aromatic carbocycles. The Kier molecular flexibility index (Phi) is 10.1. The smallest absolute Gasteiger partial charge is 0.186 e. The topological polar surface area (TPSA) is 150 Å². The van der Waals surface area contributed by atoms with Gasteiger partial charge in [-0.15, -0.1) is 11.3 Å². The first kappa shape index (κ1) is 32.4. The van der Waals surface area contributed by atoms with Crippen LogP contribution in [-0.4, -0.2) is 63.0 Å². The van der Waals surface area contributed by atoms with Crippen LogP contribution in [0.5, 0.6) is 0 Å². The van der Waals surface area contributed by atoms with Crippen molar-refractivity contribution >= 4 is 33.2 Å². The number of nitrogen functional groups attached to an aromatic ring is 1. The summed E-state index contributed by atoms with van der Waals surface area (Å²) in [5.41, 5.74) is 10.3. The van der Waals surface area contributed by atoms with Crippen LogP contribution in [0.25, 0.3) is 22.6 Å². The average molecular weight is 629 g/mol. The van der Waals surface area contributed by atoms with Crippen molar-refractivity contribution in [1.29, 1.82) is 10.5 Å². The maximum absolute atomic E-state index is 10.0. The number of rotatable bonds is 8. The van der Waals surface area contributed by atoms with Crippen LogP contribution in [0.3, 0.4) is 0 Å². The highest BCUT2D eigenvalue weighted by molar-refractivity contribution is 7.16. The summed E-state index contributed by atoms with van der Waals surface area (Å²) >= 11 is 1.52. The molecule has 1 aliphatic heterocycles. The molecular weight excluding hydrogens is 584 g/mol. The minimum absolute atomic E-state index is 0.0451. The lowest BCUT2D eigenvalue weighted by Crippen LogP contribution is -2.35. The summed E-state index contributed by atoms with van der Waals surface area (Å²) in [6.07, 6.45) is 8.11. The fourth-order valence-electron chi connectivity index (χ4n) is 6.42. The predicted octanol–water partition coefficient (Wildman–Crippen LogP) is 6.13. The van der Waals surface area contributed by atoms with E-state index in [-0.39, 0.29) is 17.9 Å². The summed E-state index contributed by atoms with van der Waals surface area (Å²) in [5, 5.41) is 30.5. The Morgan fingerprint density at radius 1 is 1.20 bits per heavy atom. The molecule has 4 aromatic heterocycles. The minimum atomic E-state index is -0.0806. The second-order valence-corrected chi connectivity index (χ2v) is 13.2. The van der Waals surface area contributed by atoms with Gasteiger partial charge in [-0.05, 0) is 65.1 Å². The first-order valence-electron chi connectivity index (χ1n) is 16.2. The highest BCUT2D eigenvalue weighted by atomic mass is 32.1. The van der Waals surface area contributed by atoms with Crippen molar-refractivity contribution in [1.82, 2.24) is 29.8 Å². The number of nitrogens with two attached hydrogens (primary N) is 1. The van der Waals surface area contributed by atoms with Crippen LogP contribution in [0.15, 0.2) is 10.7 Å². The van der Waals surface area contributed by atoms with Crippen molar-refractivity contribution in [3.05, 3.63) is 33.5 Å². The van der Waals surface area contributed by atoms with Gasteiger partial charge in [-0.2, -0.15) is 15.6 Å². The second-order valence-electron chi connectivity index (χ2n) is 12.0. The van der Waals surface area contributed by atoms with Crippen LogP contribution in [0.2, 0.25) is 0 Å². The molecule has 0 bridgehead atoms. The van der Waals surface area contributed by atoms with E-state index in [1.54, 1.807) is 0 Å². The maximum Gasteiger partial charge on any atom is 0.186 e. The van der Waals surface area contributed by atoms with Crippen molar-refractivity contribution in [2.24, 2.45) is 5.92 Å². The summed E-state index contributed by atoms with van der Waals surface area (Å²) < 4.78 is 8.07. The number of aromatic nitrogens is 5. The minimum Gasteiger partial charge on any atom is -0.389 e. The van der Waals surface area contributed by atoms with Gasteiger partial charge in [-0.25, -0.2) is 14.6 Å². The second kappa shape index (κ2) is 14.0.